The maximum absolute atomic E-state index is 12.8. The van der Waals surface area contributed by atoms with Gasteiger partial charge in [0.05, 0.1) is 24.7 Å². The van der Waals surface area contributed by atoms with Gasteiger partial charge in [-0.25, -0.2) is 13.2 Å². The second-order valence-electron chi connectivity index (χ2n) is 7.45. The predicted molar refractivity (Wildman–Crippen MR) is 127 cm³/mol. The van der Waals surface area contributed by atoms with Crippen LogP contribution in [-0.4, -0.2) is 63.6 Å². The highest BCUT2D eigenvalue weighted by Gasteiger charge is 2.26. The lowest BCUT2D eigenvalue weighted by molar-refractivity contribution is -0.148. The van der Waals surface area contributed by atoms with Gasteiger partial charge in [0.1, 0.15) is 5.75 Å². The SMILES string of the molecule is CCOc1ccc(/C=C/C(=O)OC(C)C(=O)Nc2cccc(S(=O)(=O)N3CCOCC3)c2)cc1. The minimum absolute atomic E-state index is 0.0649. The fourth-order valence-corrected chi connectivity index (χ4v) is 4.64. The first-order valence-corrected chi connectivity index (χ1v) is 12.3. The number of carbonyl (C=O) groups is 2. The van der Waals surface area contributed by atoms with Crippen LogP contribution in [0.4, 0.5) is 5.69 Å². The number of morpholine rings is 1. The van der Waals surface area contributed by atoms with E-state index in [0.29, 0.717) is 19.8 Å². The molecule has 1 fully saturated rings. The van der Waals surface area contributed by atoms with Crippen LogP contribution in [0.3, 0.4) is 0 Å². The Morgan fingerprint density at radius 2 is 1.85 bits per heavy atom. The number of hydrogen-bond acceptors (Lipinski definition) is 7. The van der Waals surface area contributed by atoms with Gasteiger partial charge in [0, 0.05) is 24.9 Å². The number of benzene rings is 2. The van der Waals surface area contributed by atoms with Crippen LogP contribution in [-0.2, 0) is 29.1 Å². The normalized spacial score (nSPS) is 15.6. The van der Waals surface area contributed by atoms with Crippen molar-refractivity contribution in [3.63, 3.8) is 0 Å². The number of amides is 1. The molecule has 0 bridgehead atoms. The van der Waals surface area contributed by atoms with Crippen LogP contribution >= 0.6 is 0 Å². The molecule has 1 amide bonds. The molecule has 1 atom stereocenters. The first kappa shape index (κ1) is 25.4. The molecular weight excluding hydrogens is 460 g/mol. The molecule has 0 aliphatic carbocycles. The monoisotopic (exact) mass is 488 g/mol. The van der Waals surface area contributed by atoms with Gasteiger partial charge < -0.3 is 19.5 Å². The Bertz CT molecular complexity index is 1120. The first-order valence-electron chi connectivity index (χ1n) is 10.9. The maximum Gasteiger partial charge on any atom is 0.331 e. The molecule has 3 rings (SSSR count). The van der Waals surface area contributed by atoms with E-state index in [-0.39, 0.29) is 23.7 Å². The van der Waals surface area contributed by atoms with E-state index in [1.54, 1.807) is 42.5 Å². The molecule has 0 saturated carbocycles. The molecule has 2 aromatic rings. The Labute approximate surface area is 199 Å². The molecule has 0 radical (unpaired) electrons. The molecule has 0 spiro atoms. The summed E-state index contributed by atoms with van der Waals surface area (Å²) in [6.45, 7) is 5.12. The maximum atomic E-state index is 12.8. The minimum Gasteiger partial charge on any atom is -0.494 e. The molecule has 0 aromatic heterocycles. The van der Waals surface area contributed by atoms with Crippen LogP contribution in [0.1, 0.15) is 19.4 Å². The minimum atomic E-state index is -3.70. The van der Waals surface area contributed by atoms with E-state index in [1.807, 2.05) is 6.92 Å². The van der Waals surface area contributed by atoms with Crippen LogP contribution in [0.15, 0.2) is 59.5 Å². The van der Waals surface area contributed by atoms with Crippen molar-refractivity contribution >= 4 is 33.7 Å². The summed E-state index contributed by atoms with van der Waals surface area (Å²) in [5.41, 5.74) is 1.06. The number of ether oxygens (including phenoxy) is 3. The summed E-state index contributed by atoms with van der Waals surface area (Å²) >= 11 is 0. The molecule has 10 heteroatoms. The van der Waals surface area contributed by atoms with E-state index in [9.17, 15) is 18.0 Å². The van der Waals surface area contributed by atoms with E-state index < -0.39 is 28.0 Å². The second-order valence-corrected chi connectivity index (χ2v) is 9.39. The fourth-order valence-electron chi connectivity index (χ4n) is 3.19. The van der Waals surface area contributed by atoms with Gasteiger partial charge in [-0.15, -0.1) is 0 Å². The summed E-state index contributed by atoms with van der Waals surface area (Å²) < 4.78 is 42.7. The molecule has 34 heavy (non-hydrogen) atoms. The Kier molecular flexibility index (Phi) is 8.80. The van der Waals surface area contributed by atoms with Gasteiger partial charge in [-0.05, 0) is 55.8 Å². The highest BCUT2D eigenvalue weighted by molar-refractivity contribution is 7.89. The van der Waals surface area contributed by atoms with Crippen LogP contribution in [0, 0.1) is 0 Å². The molecule has 1 unspecified atom stereocenters. The molecule has 1 aliphatic heterocycles. The third-order valence-electron chi connectivity index (χ3n) is 4.97. The quantitative estimate of drug-likeness (QED) is 0.427. The van der Waals surface area contributed by atoms with Gasteiger partial charge >= 0.3 is 5.97 Å². The lowest BCUT2D eigenvalue weighted by Crippen LogP contribution is -2.40. The number of nitrogens with zero attached hydrogens (tertiary/aromatic N) is 1. The highest BCUT2D eigenvalue weighted by atomic mass is 32.2. The molecule has 1 saturated heterocycles. The van der Waals surface area contributed by atoms with Crippen LogP contribution in [0.25, 0.3) is 6.08 Å². The summed E-state index contributed by atoms with van der Waals surface area (Å²) in [5, 5.41) is 2.59. The van der Waals surface area contributed by atoms with Gasteiger partial charge in [-0.3, -0.25) is 4.79 Å². The van der Waals surface area contributed by atoms with Crippen LogP contribution in [0.5, 0.6) is 5.75 Å². The fraction of sp³-hybridized carbons (Fsp3) is 0.333. The Hall–Kier alpha value is -3.21. The first-order chi connectivity index (χ1) is 16.3. The van der Waals surface area contributed by atoms with Gasteiger partial charge in [-0.2, -0.15) is 4.31 Å². The number of nitrogens with one attached hydrogen (secondary N) is 1. The van der Waals surface area contributed by atoms with Crippen molar-refractivity contribution in [3.05, 3.63) is 60.2 Å². The summed E-state index contributed by atoms with van der Waals surface area (Å²) in [7, 11) is -3.70. The molecule has 1 heterocycles. The Morgan fingerprint density at radius 3 is 2.53 bits per heavy atom. The Morgan fingerprint density at radius 1 is 1.15 bits per heavy atom. The number of sulfonamides is 1. The smallest absolute Gasteiger partial charge is 0.331 e. The Balaban J connectivity index is 1.56. The van der Waals surface area contributed by atoms with E-state index in [4.69, 9.17) is 14.2 Å². The molecular formula is C24H28N2O7S. The number of rotatable bonds is 9. The van der Waals surface area contributed by atoms with Gasteiger partial charge in [0.15, 0.2) is 6.10 Å². The molecule has 1 aliphatic rings. The van der Waals surface area contributed by atoms with Crippen molar-refractivity contribution in [2.45, 2.75) is 24.8 Å². The van der Waals surface area contributed by atoms with Crippen molar-refractivity contribution < 1.29 is 32.2 Å². The number of carbonyl (C=O) groups excluding carboxylic acids is 2. The molecule has 182 valence electrons. The average molecular weight is 489 g/mol. The predicted octanol–water partition coefficient (Wildman–Crippen LogP) is 2.69. The average Bonchev–Trinajstić information content (AvgIpc) is 2.84. The van der Waals surface area contributed by atoms with Crippen molar-refractivity contribution in [3.8, 4) is 5.75 Å². The van der Waals surface area contributed by atoms with Crippen molar-refractivity contribution in [2.75, 3.05) is 38.2 Å². The van der Waals surface area contributed by atoms with Crippen molar-refractivity contribution in [1.82, 2.24) is 4.31 Å². The summed E-state index contributed by atoms with van der Waals surface area (Å²) in [4.78, 5) is 24.7. The van der Waals surface area contributed by atoms with Crippen molar-refractivity contribution in [1.29, 1.82) is 0 Å². The highest BCUT2D eigenvalue weighted by Crippen LogP contribution is 2.21. The standard InChI is InChI=1S/C24H28N2O7S/c1-3-32-21-10-7-19(8-11-21)9-12-23(27)33-18(2)24(28)25-20-5-4-6-22(17-20)34(29,30)26-13-15-31-16-14-26/h4-12,17-18H,3,13-16H2,1-2H3,(H,25,28)/b12-9+. The van der Waals surface area contributed by atoms with Crippen LogP contribution in [0.2, 0.25) is 0 Å². The third-order valence-corrected chi connectivity index (χ3v) is 6.87. The number of anilines is 1. The topological polar surface area (TPSA) is 111 Å². The largest absolute Gasteiger partial charge is 0.494 e. The lowest BCUT2D eigenvalue weighted by Gasteiger charge is -2.26. The van der Waals surface area contributed by atoms with E-state index in [2.05, 4.69) is 5.32 Å². The van der Waals surface area contributed by atoms with E-state index in [1.165, 1.54) is 29.4 Å². The van der Waals surface area contributed by atoms with Gasteiger partial charge in [0.2, 0.25) is 10.0 Å². The zero-order valence-corrected chi connectivity index (χ0v) is 19.9. The summed E-state index contributed by atoms with van der Waals surface area (Å²) in [5.74, 6) is -0.529. The zero-order valence-electron chi connectivity index (χ0n) is 19.1. The molecule has 9 nitrogen and oxygen atoms in total. The van der Waals surface area contributed by atoms with Gasteiger partial charge in [0.25, 0.3) is 5.91 Å². The van der Waals surface area contributed by atoms with Crippen LogP contribution < -0.4 is 10.1 Å². The summed E-state index contributed by atoms with van der Waals surface area (Å²) in [6, 6.07) is 13.1. The summed E-state index contributed by atoms with van der Waals surface area (Å²) in [6.07, 6.45) is 1.72. The number of esters is 1. The van der Waals surface area contributed by atoms with Crippen molar-refractivity contribution in [2.24, 2.45) is 0 Å². The number of hydrogen-bond donors (Lipinski definition) is 1. The second kappa shape index (κ2) is 11.8. The van der Waals surface area contributed by atoms with Gasteiger partial charge in [-0.1, -0.05) is 18.2 Å². The van der Waals surface area contributed by atoms with E-state index in [0.717, 1.165) is 11.3 Å². The lowest BCUT2D eigenvalue weighted by atomic mass is 10.2. The third kappa shape index (κ3) is 6.89. The molecule has 2 aromatic carbocycles. The zero-order chi connectivity index (χ0) is 24.6. The molecule has 1 N–H and O–H groups in total. The van der Waals surface area contributed by atoms with E-state index >= 15 is 0 Å².